The number of hydrogen-bond donors (Lipinski definition) is 0. The van der Waals surface area contributed by atoms with E-state index in [1.807, 2.05) is 12.1 Å². The lowest BCUT2D eigenvalue weighted by molar-refractivity contribution is 0.660. The lowest BCUT2D eigenvalue weighted by Crippen LogP contribution is -2.36. The van der Waals surface area contributed by atoms with Crippen molar-refractivity contribution in [1.29, 1.82) is 0 Å². The van der Waals surface area contributed by atoms with E-state index in [1.54, 1.807) is 0 Å². The quantitative estimate of drug-likeness (QED) is 0.172. The Labute approximate surface area is 390 Å². The van der Waals surface area contributed by atoms with E-state index in [9.17, 15) is 0 Å². The molecule has 1 aromatic heterocycles. The molecule has 14 rings (SSSR count). The molecule has 0 saturated heterocycles. The largest absolute Gasteiger partial charge is 0.456 e. The Hall–Kier alpha value is -8.40. The maximum atomic E-state index is 6.21. The molecule has 0 N–H and O–H groups in total. The average Bonchev–Trinajstić information content (AvgIpc) is 3.98. The van der Waals surface area contributed by atoms with Gasteiger partial charge in [0.05, 0.1) is 16.8 Å². The molecule has 0 saturated carbocycles. The molecule has 2 heterocycles. The van der Waals surface area contributed by atoms with Gasteiger partial charge < -0.3 is 14.2 Å². The van der Waals surface area contributed by atoms with Gasteiger partial charge in [-0.2, -0.15) is 0 Å². The molecule has 0 bridgehead atoms. The maximum absolute atomic E-state index is 6.21. The molecule has 0 unspecified atom stereocenters. The molecule has 3 aliphatic rings. The molecule has 0 amide bonds. The normalized spacial score (nSPS) is 14.3. The van der Waals surface area contributed by atoms with E-state index in [-0.39, 0.29) is 5.41 Å². The van der Waals surface area contributed by atoms with E-state index < -0.39 is 5.41 Å². The minimum absolute atomic E-state index is 0.156. The van der Waals surface area contributed by atoms with Crippen LogP contribution in [-0.4, -0.2) is 0 Å². The summed E-state index contributed by atoms with van der Waals surface area (Å²) in [5, 5.41) is 2.27. The highest BCUT2D eigenvalue weighted by molar-refractivity contribution is 6.06. The van der Waals surface area contributed by atoms with Crippen molar-refractivity contribution in [2.75, 3.05) is 9.80 Å². The van der Waals surface area contributed by atoms with E-state index in [0.717, 1.165) is 55.8 Å². The first-order chi connectivity index (χ1) is 33.0. The van der Waals surface area contributed by atoms with Crippen LogP contribution in [0.5, 0.6) is 0 Å². The standard InChI is InChI=1S/C64H44N2O/c1-63(2)53-21-9-6-18-47(53)49-35-33-45(39-57(49)63)65(44-31-28-41(29-32-44)42-30-37-62-52(38-42)51-20-8-15-27-61(51)67-62)46-34-36-50-48-19-7-10-22-54(48)64(58(50)40-46)55-23-11-13-25-59(55)66(43-16-4-3-5-17-43)60-26-14-12-24-56(60)64/h3-40H,1-2H3. The Morgan fingerprint density at radius 2 is 0.866 bits per heavy atom. The van der Waals surface area contributed by atoms with Gasteiger partial charge in [-0.1, -0.05) is 166 Å². The highest BCUT2D eigenvalue weighted by atomic mass is 16.3. The van der Waals surface area contributed by atoms with Gasteiger partial charge in [0.2, 0.25) is 0 Å². The highest BCUT2D eigenvalue weighted by Gasteiger charge is 2.52. The van der Waals surface area contributed by atoms with Gasteiger partial charge in [-0.15, -0.1) is 0 Å². The number of anilines is 6. The number of rotatable bonds is 5. The summed E-state index contributed by atoms with van der Waals surface area (Å²) in [6.45, 7) is 4.74. The second-order valence-corrected chi connectivity index (χ2v) is 18.8. The summed E-state index contributed by atoms with van der Waals surface area (Å²) in [7, 11) is 0. The molecule has 3 nitrogen and oxygen atoms in total. The Morgan fingerprint density at radius 1 is 0.358 bits per heavy atom. The molecular weight excluding hydrogens is 813 g/mol. The second-order valence-electron chi connectivity index (χ2n) is 18.8. The van der Waals surface area contributed by atoms with Gasteiger partial charge in [0.15, 0.2) is 0 Å². The van der Waals surface area contributed by atoms with Gasteiger partial charge in [-0.3, -0.25) is 0 Å². The van der Waals surface area contributed by atoms with Gasteiger partial charge in [0.25, 0.3) is 0 Å². The first kappa shape index (κ1) is 37.9. The Morgan fingerprint density at radius 3 is 1.58 bits per heavy atom. The van der Waals surface area contributed by atoms with Crippen LogP contribution in [0.25, 0.3) is 55.3 Å². The first-order valence-corrected chi connectivity index (χ1v) is 23.3. The summed E-state index contributed by atoms with van der Waals surface area (Å²) in [5.41, 5.74) is 23.3. The van der Waals surface area contributed by atoms with Gasteiger partial charge >= 0.3 is 0 Å². The number of fused-ring (bicyclic) bond motifs is 15. The summed E-state index contributed by atoms with van der Waals surface area (Å²) in [5.74, 6) is 0. The molecule has 1 spiro atoms. The SMILES string of the molecule is CC1(C)c2ccccc2-c2ccc(N(c3ccc(-c4ccc5oc6ccccc6c5c4)cc3)c3ccc4c(c3)C3(c5ccccc5-4)c4ccccc4N(c4ccccc4)c4ccccc43)cc21. The fourth-order valence-electron chi connectivity index (χ4n) is 12.1. The minimum atomic E-state index is -0.576. The van der Waals surface area contributed by atoms with Crippen LogP contribution in [0, 0.1) is 0 Å². The van der Waals surface area contributed by atoms with E-state index in [4.69, 9.17) is 4.42 Å². The van der Waals surface area contributed by atoms with Crippen LogP contribution in [0.15, 0.2) is 235 Å². The summed E-state index contributed by atoms with van der Waals surface area (Å²) in [4.78, 5) is 4.93. The van der Waals surface area contributed by atoms with Gasteiger partial charge in [-0.25, -0.2) is 0 Å². The molecule has 2 aliphatic carbocycles. The third kappa shape index (κ3) is 5.28. The van der Waals surface area contributed by atoms with Crippen molar-refractivity contribution in [2.45, 2.75) is 24.7 Å². The molecule has 316 valence electrons. The van der Waals surface area contributed by atoms with E-state index in [0.29, 0.717) is 0 Å². The molecule has 0 fully saturated rings. The Balaban J connectivity index is 0.984. The molecule has 0 radical (unpaired) electrons. The predicted molar refractivity (Wildman–Crippen MR) is 277 cm³/mol. The molecule has 1 aliphatic heterocycles. The van der Waals surface area contributed by atoms with Crippen molar-refractivity contribution in [1.82, 2.24) is 0 Å². The van der Waals surface area contributed by atoms with E-state index in [2.05, 4.69) is 242 Å². The molecule has 11 aromatic rings. The Kier molecular flexibility index (Phi) is 7.95. The third-order valence-electron chi connectivity index (χ3n) is 15.1. The van der Waals surface area contributed by atoms with Crippen molar-refractivity contribution in [3.63, 3.8) is 0 Å². The van der Waals surface area contributed by atoms with Crippen LogP contribution in [0.4, 0.5) is 34.1 Å². The minimum Gasteiger partial charge on any atom is -0.456 e. The van der Waals surface area contributed by atoms with E-state index >= 15 is 0 Å². The Bertz CT molecular complexity index is 3760. The van der Waals surface area contributed by atoms with Crippen LogP contribution < -0.4 is 9.80 Å². The van der Waals surface area contributed by atoms with Crippen LogP contribution in [0.1, 0.15) is 47.2 Å². The van der Waals surface area contributed by atoms with Crippen molar-refractivity contribution in [3.8, 4) is 33.4 Å². The van der Waals surface area contributed by atoms with Crippen molar-refractivity contribution in [2.24, 2.45) is 0 Å². The fourth-order valence-corrected chi connectivity index (χ4v) is 12.1. The summed E-state index contributed by atoms with van der Waals surface area (Å²) in [6.07, 6.45) is 0. The number of nitrogens with zero attached hydrogens (tertiary/aromatic N) is 2. The molecular formula is C64H44N2O. The van der Waals surface area contributed by atoms with E-state index in [1.165, 1.54) is 67.0 Å². The zero-order valence-corrected chi connectivity index (χ0v) is 37.2. The number of hydrogen-bond acceptors (Lipinski definition) is 3. The smallest absolute Gasteiger partial charge is 0.135 e. The summed E-state index contributed by atoms with van der Waals surface area (Å²) < 4.78 is 6.21. The topological polar surface area (TPSA) is 19.6 Å². The van der Waals surface area contributed by atoms with Gasteiger partial charge in [-0.05, 0) is 146 Å². The zero-order chi connectivity index (χ0) is 44.4. The molecule has 0 atom stereocenters. The van der Waals surface area contributed by atoms with Crippen LogP contribution in [0.3, 0.4) is 0 Å². The van der Waals surface area contributed by atoms with Crippen LogP contribution in [0.2, 0.25) is 0 Å². The first-order valence-electron chi connectivity index (χ1n) is 23.3. The lowest BCUT2D eigenvalue weighted by atomic mass is 9.64. The van der Waals surface area contributed by atoms with Gasteiger partial charge in [0.1, 0.15) is 11.2 Å². The molecule has 3 heteroatoms. The van der Waals surface area contributed by atoms with Crippen molar-refractivity contribution in [3.05, 3.63) is 264 Å². The average molecular weight is 857 g/mol. The molecule has 67 heavy (non-hydrogen) atoms. The highest BCUT2D eigenvalue weighted by Crippen LogP contribution is 2.64. The zero-order valence-electron chi connectivity index (χ0n) is 37.2. The fraction of sp³-hybridized carbons (Fsp3) is 0.0625. The molecule has 10 aromatic carbocycles. The van der Waals surface area contributed by atoms with Crippen molar-refractivity contribution < 1.29 is 4.42 Å². The third-order valence-corrected chi connectivity index (χ3v) is 15.1. The number of furan rings is 1. The number of benzene rings is 10. The lowest BCUT2D eigenvalue weighted by Gasteiger charge is -2.45. The summed E-state index contributed by atoms with van der Waals surface area (Å²) in [6, 6.07) is 85.2. The van der Waals surface area contributed by atoms with Gasteiger partial charge in [0, 0.05) is 38.9 Å². The summed E-state index contributed by atoms with van der Waals surface area (Å²) >= 11 is 0. The second kappa shape index (κ2) is 14.1. The monoisotopic (exact) mass is 856 g/mol. The van der Waals surface area contributed by atoms with Crippen LogP contribution >= 0.6 is 0 Å². The maximum Gasteiger partial charge on any atom is 0.135 e. The van der Waals surface area contributed by atoms with Crippen LogP contribution in [-0.2, 0) is 10.8 Å². The predicted octanol–water partition coefficient (Wildman–Crippen LogP) is 17.2. The van der Waals surface area contributed by atoms with Crippen molar-refractivity contribution >= 4 is 56.1 Å². The number of para-hydroxylation sites is 4.